The Bertz CT molecular complexity index is 878. The number of ether oxygens (including phenoxy) is 1. The molecule has 0 aliphatic heterocycles. The molecule has 0 radical (unpaired) electrons. The van der Waals surface area contributed by atoms with Crippen molar-refractivity contribution in [2.75, 3.05) is 7.11 Å². The molecule has 0 aliphatic carbocycles. The Morgan fingerprint density at radius 1 is 1.08 bits per heavy atom. The van der Waals surface area contributed by atoms with E-state index in [9.17, 15) is 8.78 Å². The summed E-state index contributed by atoms with van der Waals surface area (Å²) in [6.07, 6.45) is -2.67. The van der Waals surface area contributed by atoms with E-state index < -0.39 is 6.43 Å². The lowest BCUT2D eigenvalue weighted by Gasteiger charge is -2.08. The zero-order valence-corrected chi connectivity index (χ0v) is 12.8. The topological polar surface area (TPSA) is 50.8 Å². The predicted octanol–water partition coefficient (Wildman–Crippen LogP) is 4.36. The molecule has 1 aromatic heterocycles. The van der Waals surface area contributed by atoms with Gasteiger partial charge in [0.15, 0.2) is 0 Å². The third-order valence-electron chi connectivity index (χ3n) is 3.58. The minimum atomic E-state index is -2.67. The van der Waals surface area contributed by atoms with Gasteiger partial charge in [0.05, 0.1) is 30.1 Å². The van der Waals surface area contributed by atoms with Gasteiger partial charge in [0.1, 0.15) is 11.4 Å². The largest absolute Gasteiger partial charge is 0.497 e. The van der Waals surface area contributed by atoms with Crippen molar-refractivity contribution in [1.29, 1.82) is 5.26 Å². The molecular weight excluding hydrogens is 312 g/mol. The van der Waals surface area contributed by atoms with Crippen molar-refractivity contribution >= 4 is 0 Å². The lowest BCUT2D eigenvalue weighted by molar-refractivity contribution is 0.145. The zero-order chi connectivity index (χ0) is 17.1. The van der Waals surface area contributed by atoms with Crippen LogP contribution in [0.25, 0.3) is 16.9 Å². The summed E-state index contributed by atoms with van der Waals surface area (Å²) >= 11 is 0. The summed E-state index contributed by atoms with van der Waals surface area (Å²) in [4.78, 5) is 0. The van der Waals surface area contributed by atoms with Gasteiger partial charge >= 0.3 is 0 Å². The molecule has 0 bridgehead atoms. The average Bonchev–Trinajstić information content (AvgIpc) is 3.07. The Morgan fingerprint density at radius 3 is 2.29 bits per heavy atom. The number of rotatable bonds is 4. The van der Waals surface area contributed by atoms with E-state index in [1.807, 2.05) is 6.07 Å². The van der Waals surface area contributed by atoms with Crippen LogP contribution < -0.4 is 4.74 Å². The van der Waals surface area contributed by atoms with Crippen LogP contribution >= 0.6 is 0 Å². The maximum atomic E-state index is 13.1. The maximum Gasteiger partial charge on any atom is 0.282 e. The molecule has 0 N–H and O–H groups in total. The first-order valence-corrected chi connectivity index (χ1v) is 7.15. The third-order valence-corrected chi connectivity index (χ3v) is 3.58. The highest BCUT2D eigenvalue weighted by Crippen LogP contribution is 2.29. The molecule has 120 valence electrons. The molecule has 0 fully saturated rings. The van der Waals surface area contributed by atoms with Gasteiger partial charge in [-0.25, -0.2) is 13.5 Å². The maximum absolute atomic E-state index is 13.1. The van der Waals surface area contributed by atoms with Crippen LogP contribution in [0.4, 0.5) is 8.78 Å². The summed E-state index contributed by atoms with van der Waals surface area (Å²) < 4.78 is 32.7. The van der Waals surface area contributed by atoms with Crippen LogP contribution in [0.5, 0.6) is 5.75 Å². The monoisotopic (exact) mass is 325 g/mol. The van der Waals surface area contributed by atoms with Crippen molar-refractivity contribution in [3.05, 3.63) is 65.9 Å². The molecule has 3 aromatic rings. The molecule has 0 aliphatic rings. The van der Waals surface area contributed by atoms with Gasteiger partial charge in [-0.1, -0.05) is 12.1 Å². The predicted molar refractivity (Wildman–Crippen MR) is 85.2 cm³/mol. The molecule has 24 heavy (non-hydrogen) atoms. The zero-order valence-electron chi connectivity index (χ0n) is 12.8. The fraction of sp³-hybridized carbons (Fsp3) is 0.111. The Kier molecular flexibility index (Phi) is 4.25. The van der Waals surface area contributed by atoms with Gasteiger partial charge in [0.2, 0.25) is 0 Å². The van der Waals surface area contributed by atoms with E-state index in [4.69, 9.17) is 10.00 Å². The fourth-order valence-corrected chi connectivity index (χ4v) is 2.35. The second-order valence-corrected chi connectivity index (χ2v) is 5.05. The van der Waals surface area contributed by atoms with Crippen molar-refractivity contribution in [1.82, 2.24) is 9.78 Å². The van der Waals surface area contributed by atoms with Crippen LogP contribution in [-0.2, 0) is 0 Å². The first-order chi connectivity index (χ1) is 11.6. The molecule has 1 heterocycles. The van der Waals surface area contributed by atoms with E-state index in [2.05, 4.69) is 5.10 Å². The summed E-state index contributed by atoms with van der Waals surface area (Å²) in [5.41, 5.74) is 2.07. The lowest BCUT2D eigenvalue weighted by atomic mass is 10.1. The summed E-state index contributed by atoms with van der Waals surface area (Å²) in [7, 11) is 1.56. The summed E-state index contributed by atoms with van der Waals surface area (Å²) in [5, 5.41) is 12.9. The van der Waals surface area contributed by atoms with E-state index in [1.54, 1.807) is 55.6 Å². The Hall–Kier alpha value is -3.20. The number of alkyl halides is 2. The van der Waals surface area contributed by atoms with Gasteiger partial charge in [-0.15, -0.1) is 0 Å². The van der Waals surface area contributed by atoms with Gasteiger partial charge in [-0.05, 0) is 42.5 Å². The lowest BCUT2D eigenvalue weighted by Crippen LogP contribution is -2.00. The number of halogens is 2. The first kappa shape index (κ1) is 15.7. The number of nitrogens with zero attached hydrogens (tertiary/aromatic N) is 3. The summed E-state index contributed by atoms with van der Waals surface area (Å²) in [6, 6.07) is 17.1. The molecule has 4 nitrogen and oxygen atoms in total. The highest BCUT2D eigenvalue weighted by Gasteiger charge is 2.17. The summed E-state index contributed by atoms with van der Waals surface area (Å²) in [5.74, 6) is 0.667. The first-order valence-electron chi connectivity index (χ1n) is 7.15. The fourth-order valence-electron chi connectivity index (χ4n) is 2.35. The molecule has 2 aromatic carbocycles. The second-order valence-electron chi connectivity index (χ2n) is 5.05. The van der Waals surface area contributed by atoms with Crippen LogP contribution in [0.2, 0.25) is 0 Å². The van der Waals surface area contributed by atoms with Crippen LogP contribution in [0.15, 0.2) is 54.6 Å². The number of aromatic nitrogens is 2. The SMILES string of the molecule is COc1ccc(-n2nc(C(F)F)cc2-c2ccc(C#N)cc2)cc1. The van der Waals surface area contributed by atoms with Crippen molar-refractivity contribution in [3.63, 3.8) is 0 Å². The van der Waals surface area contributed by atoms with E-state index in [1.165, 1.54) is 10.7 Å². The van der Waals surface area contributed by atoms with Crippen molar-refractivity contribution < 1.29 is 13.5 Å². The van der Waals surface area contributed by atoms with Gasteiger partial charge < -0.3 is 4.74 Å². The average molecular weight is 325 g/mol. The Morgan fingerprint density at radius 2 is 1.75 bits per heavy atom. The van der Waals surface area contributed by atoms with E-state index in [0.29, 0.717) is 28.3 Å². The quantitative estimate of drug-likeness (QED) is 0.716. The number of benzene rings is 2. The molecule has 0 saturated carbocycles. The van der Waals surface area contributed by atoms with Gasteiger partial charge in [-0.3, -0.25) is 0 Å². The Balaban J connectivity index is 2.11. The van der Waals surface area contributed by atoms with Gasteiger partial charge in [0, 0.05) is 5.56 Å². The van der Waals surface area contributed by atoms with Crippen LogP contribution in [0, 0.1) is 11.3 Å². The molecule has 6 heteroatoms. The highest BCUT2D eigenvalue weighted by molar-refractivity contribution is 5.64. The molecule has 0 spiro atoms. The standard InChI is InChI=1S/C18H13F2N3O/c1-24-15-8-6-14(7-9-15)23-17(10-16(22-23)18(19)20)13-4-2-12(11-21)3-5-13/h2-10,18H,1H3. The van der Waals surface area contributed by atoms with E-state index in [-0.39, 0.29) is 5.69 Å². The minimum absolute atomic E-state index is 0.301. The van der Waals surface area contributed by atoms with Crippen molar-refractivity contribution in [2.45, 2.75) is 6.43 Å². The molecule has 0 unspecified atom stereocenters. The number of methoxy groups -OCH3 is 1. The molecule has 0 amide bonds. The van der Waals surface area contributed by atoms with Crippen LogP contribution in [-0.4, -0.2) is 16.9 Å². The summed E-state index contributed by atoms with van der Waals surface area (Å²) in [6.45, 7) is 0. The number of nitriles is 1. The van der Waals surface area contributed by atoms with Crippen LogP contribution in [0.3, 0.4) is 0 Å². The van der Waals surface area contributed by atoms with Gasteiger partial charge in [-0.2, -0.15) is 10.4 Å². The van der Waals surface area contributed by atoms with E-state index >= 15 is 0 Å². The van der Waals surface area contributed by atoms with Crippen molar-refractivity contribution in [3.8, 4) is 28.8 Å². The third kappa shape index (κ3) is 2.97. The Labute approximate surface area is 137 Å². The highest BCUT2D eigenvalue weighted by atomic mass is 19.3. The molecule has 0 saturated heterocycles. The minimum Gasteiger partial charge on any atom is -0.497 e. The van der Waals surface area contributed by atoms with Gasteiger partial charge in [0.25, 0.3) is 6.43 Å². The van der Waals surface area contributed by atoms with Crippen LogP contribution in [0.1, 0.15) is 17.7 Å². The smallest absolute Gasteiger partial charge is 0.282 e. The molecule has 3 rings (SSSR count). The van der Waals surface area contributed by atoms with Crippen molar-refractivity contribution in [2.24, 2.45) is 0 Å². The second kappa shape index (κ2) is 6.50. The molecular formula is C18H13F2N3O. The normalized spacial score (nSPS) is 10.6. The number of hydrogen-bond donors (Lipinski definition) is 0. The van der Waals surface area contributed by atoms with E-state index in [0.717, 1.165) is 0 Å². The number of hydrogen-bond acceptors (Lipinski definition) is 3. The molecule has 0 atom stereocenters.